The number of carbonyl (C=O) groups excluding carboxylic acids is 1. The number of amides is 2. The van der Waals surface area contributed by atoms with Crippen LogP contribution in [0.3, 0.4) is 0 Å². The number of primary amides is 1. The van der Waals surface area contributed by atoms with Crippen LogP contribution in [0.2, 0.25) is 10.0 Å². The lowest BCUT2D eigenvalue weighted by Gasteiger charge is -2.39. The van der Waals surface area contributed by atoms with Gasteiger partial charge >= 0.3 is 6.09 Å². The molecule has 1 unspecified atom stereocenters. The quantitative estimate of drug-likeness (QED) is 0.618. The molecule has 2 heterocycles. The van der Waals surface area contributed by atoms with Gasteiger partial charge in [-0.2, -0.15) is 0 Å². The molecular weight excluding hydrogens is 441 g/mol. The summed E-state index contributed by atoms with van der Waals surface area (Å²) in [7, 11) is 0. The summed E-state index contributed by atoms with van der Waals surface area (Å²) >= 11 is 12.6. The van der Waals surface area contributed by atoms with Crippen molar-refractivity contribution < 1.29 is 14.7 Å². The topological polar surface area (TPSA) is 113 Å². The zero-order valence-electron chi connectivity index (χ0n) is 16.5. The first-order valence-corrected chi connectivity index (χ1v) is 10.3. The van der Waals surface area contributed by atoms with Crippen LogP contribution >= 0.6 is 23.2 Å². The molecule has 1 aliphatic rings. The van der Waals surface area contributed by atoms with Gasteiger partial charge in [0.05, 0.1) is 10.5 Å². The fraction of sp³-hybridized carbons (Fsp3) is 0.238. The number of anilines is 1. The normalized spacial score (nSPS) is 16.5. The van der Waals surface area contributed by atoms with Crippen LogP contribution in [-0.4, -0.2) is 57.7 Å². The molecule has 1 fully saturated rings. The van der Waals surface area contributed by atoms with E-state index in [1.165, 1.54) is 0 Å². The molecule has 10 heteroatoms. The number of hydrogen-bond acceptors (Lipinski definition) is 5. The zero-order chi connectivity index (χ0) is 22.3. The van der Waals surface area contributed by atoms with Crippen LogP contribution in [0.1, 0.15) is 5.82 Å². The van der Waals surface area contributed by atoms with E-state index in [0.717, 1.165) is 21.4 Å². The van der Waals surface area contributed by atoms with E-state index in [9.17, 15) is 14.7 Å². The molecule has 3 aromatic rings. The summed E-state index contributed by atoms with van der Waals surface area (Å²) in [5.41, 5.74) is 7.80. The SMILES string of the molecule is Cc1nc(N2CCN(C(=O)O)C(C(N)=O)C2)c2cc(-c3ccc(Cl)cc3)c(Cl)cc2n1. The van der Waals surface area contributed by atoms with Gasteiger partial charge in [-0.15, -0.1) is 0 Å². The number of halogens is 2. The van der Waals surface area contributed by atoms with Gasteiger partial charge in [-0.1, -0.05) is 35.3 Å². The third kappa shape index (κ3) is 4.08. The maximum absolute atomic E-state index is 11.9. The van der Waals surface area contributed by atoms with E-state index in [-0.39, 0.29) is 13.1 Å². The van der Waals surface area contributed by atoms with Crippen molar-refractivity contribution in [3.63, 3.8) is 0 Å². The van der Waals surface area contributed by atoms with Gasteiger partial charge < -0.3 is 15.7 Å². The fourth-order valence-corrected chi connectivity index (χ4v) is 4.18. The third-order valence-electron chi connectivity index (χ3n) is 5.29. The van der Waals surface area contributed by atoms with E-state index in [0.29, 0.717) is 33.7 Å². The van der Waals surface area contributed by atoms with Crippen LogP contribution in [0, 0.1) is 6.92 Å². The first kappa shape index (κ1) is 21.1. The van der Waals surface area contributed by atoms with Gasteiger partial charge in [0.1, 0.15) is 17.7 Å². The van der Waals surface area contributed by atoms with Crippen LogP contribution < -0.4 is 10.6 Å². The zero-order valence-corrected chi connectivity index (χ0v) is 18.1. The Balaban J connectivity index is 1.82. The molecule has 1 atom stereocenters. The molecule has 0 radical (unpaired) electrons. The molecule has 0 spiro atoms. The maximum atomic E-state index is 11.9. The molecule has 8 nitrogen and oxygen atoms in total. The van der Waals surface area contributed by atoms with Gasteiger partial charge in [-0.05, 0) is 36.8 Å². The van der Waals surface area contributed by atoms with Crippen molar-refractivity contribution >= 4 is 51.9 Å². The molecule has 31 heavy (non-hydrogen) atoms. The Morgan fingerprint density at radius 1 is 1.13 bits per heavy atom. The Labute approximate surface area is 188 Å². The van der Waals surface area contributed by atoms with Crippen LogP contribution in [0.25, 0.3) is 22.0 Å². The van der Waals surface area contributed by atoms with E-state index in [1.54, 1.807) is 25.1 Å². The van der Waals surface area contributed by atoms with Crippen LogP contribution in [0.5, 0.6) is 0 Å². The number of nitrogens with two attached hydrogens (primary N) is 1. The summed E-state index contributed by atoms with van der Waals surface area (Å²) in [5, 5.41) is 11.3. The van der Waals surface area contributed by atoms with Gasteiger partial charge in [0.25, 0.3) is 0 Å². The number of piperazine rings is 1. The number of nitrogens with zero attached hydrogens (tertiary/aromatic N) is 4. The lowest BCUT2D eigenvalue weighted by molar-refractivity contribution is -0.122. The molecule has 160 valence electrons. The summed E-state index contributed by atoms with van der Waals surface area (Å²) in [6.45, 7) is 2.36. The van der Waals surface area contributed by atoms with Crippen LogP contribution in [0.15, 0.2) is 36.4 Å². The first-order valence-electron chi connectivity index (χ1n) is 9.52. The van der Waals surface area contributed by atoms with Crippen LogP contribution in [0.4, 0.5) is 10.6 Å². The second-order valence-electron chi connectivity index (χ2n) is 7.29. The average molecular weight is 460 g/mol. The molecule has 0 aliphatic carbocycles. The smallest absolute Gasteiger partial charge is 0.408 e. The van der Waals surface area contributed by atoms with Crippen molar-refractivity contribution in [3.05, 3.63) is 52.3 Å². The molecule has 3 N–H and O–H groups in total. The standard InChI is InChI=1S/C21H19Cl2N5O3/c1-11-25-17-9-16(23)14(12-2-4-13(22)5-3-12)8-15(17)20(26-11)27-6-7-28(21(30)31)18(10-27)19(24)29/h2-5,8-9,18H,6-7,10H2,1H3,(H2,24,29)(H,30,31). The molecule has 1 saturated heterocycles. The molecule has 4 rings (SSSR count). The maximum Gasteiger partial charge on any atom is 0.408 e. The Morgan fingerprint density at radius 3 is 2.48 bits per heavy atom. The van der Waals surface area contributed by atoms with Crippen molar-refractivity contribution in [2.24, 2.45) is 5.73 Å². The van der Waals surface area contributed by atoms with Crippen LogP contribution in [-0.2, 0) is 4.79 Å². The number of aryl methyl sites for hydroxylation is 1. The number of carbonyl (C=O) groups is 2. The average Bonchev–Trinajstić information content (AvgIpc) is 2.73. The minimum atomic E-state index is -1.18. The summed E-state index contributed by atoms with van der Waals surface area (Å²) < 4.78 is 0. The van der Waals surface area contributed by atoms with E-state index in [2.05, 4.69) is 9.97 Å². The lowest BCUT2D eigenvalue weighted by Crippen LogP contribution is -2.60. The Hall–Kier alpha value is -3.10. The summed E-state index contributed by atoms with van der Waals surface area (Å²) in [5.74, 6) is 0.437. The van der Waals surface area contributed by atoms with Gasteiger partial charge in [-0.3, -0.25) is 9.69 Å². The van der Waals surface area contributed by atoms with E-state index >= 15 is 0 Å². The highest BCUT2D eigenvalue weighted by atomic mass is 35.5. The van der Waals surface area contributed by atoms with E-state index in [4.69, 9.17) is 28.9 Å². The van der Waals surface area contributed by atoms with Crippen molar-refractivity contribution in [2.45, 2.75) is 13.0 Å². The second kappa shape index (κ2) is 8.20. The largest absolute Gasteiger partial charge is 0.465 e. The minimum absolute atomic E-state index is 0.103. The Morgan fingerprint density at radius 2 is 1.84 bits per heavy atom. The molecule has 1 aromatic heterocycles. The predicted octanol–water partition coefficient (Wildman–Crippen LogP) is 3.57. The van der Waals surface area contributed by atoms with Crippen molar-refractivity contribution in [1.82, 2.24) is 14.9 Å². The summed E-state index contributed by atoms with van der Waals surface area (Å²) in [4.78, 5) is 35.4. The van der Waals surface area contributed by atoms with E-state index in [1.807, 2.05) is 23.1 Å². The number of benzene rings is 2. The minimum Gasteiger partial charge on any atom is -0.465 e. The summed E-state index contributed by atoms with van der Waals surface area (Å²) in [6, 6.07) is 10.0. The highest BCUT2D eigenvalue weighted by molar-refractivity contribution is 6.34. The lowest BCUT2D eigenvalue weighted by atomic mass is 10.0. The van der Waals surface area contributed by atoms with Gasteiger partial charge in [0, 0.05) is 35.6 Å². The monoisotopic (exact) mass is 459 g/mol. The molecule has 0 bridgehead atoms. The Bertz CT molecular complexity index is 1190. The van der Waals surface area contributed by atoms with Gasteiger partial charge in [0.2, 0.25) is 5.91 Å². The number of carboxylic acid groups (broad SMARTS) is 1. The molecule has 2 aromatic carbocycles. The number of hydrogen-bond donors (Lipinski definition) is 2. The Kier molecular flexibility index (Phi) is 5.60. The molecule has 2 amide bonds. The molecule has 0 saturated carbocycles. The van der Waals surface area contributed by atoms with Gasteiger partial charge in [-0.25, -0.2) is 14.8 Å². The van der Waals surface area contributed by atoms with E-state index < -0.39 is 18.0 Å². The number of aromatic nitrogens is 2. The summed E-state index contributed by atoms with van der Waals surface area (Å²) in [6.07, 6.45) is -1.18. The number of fused-ring (bicyclic) bond motifs is 1. The van der Waals surface area contributed by atoms with Crippen molar-refractivity contribution in [3.8, 4) is 11.1 Å². The molecular formula is C21H19Cl2N5O3. The highest BCUT2D eigenvalue weighted by Crippen LogP contribution is 2.36. The third-order valence-corrected chi connectivity index (χ3v) is 5.85. The second-order valence-corrected chi connectivity index (χ2v) is 8.13. The first-order chi connectivity index (χ1) is 14.7. The predicted molar refractivity (Wildman–Crippen MR) is 120 cm³/mol. The fourth-order valence-electron chi connectivity index (χ4n) is 3.79. The highest BCUT2D eigenvalue weighted by Gasteiger charge is 2.35. The van der Waals surface area contributed by atoms with Crippen molar-refractivity contribution in [1.29, 1.82) is 0 Å². The van der Waals surface area contributed by atoms with Crippen molar-refractivity contribution in [2.75, 3.05) is 24.5 Å². The molecule has 1 aliphatic heterocycles. The number of rotatable bonds is 3. The van der Waals surface area contributed by atoms with Gasteiger partial charge in [0.15, 0.2) is 0 Å².